The van der Waals surface area contributed by atoms with Crippen molar-refractivity contribution in [2.24, 2.45) is 0 Å². The molecule has 0 saturated heterocycles. The van der Waals surface area contributed by atoms with Crippen molar-refractivity contribution in [3.63, 3.8) is 0 Å². The zero-order valence-corrected chi connectivity index (χ0v) is 21.7. The van der Waals surface area contributed by atoms with Crippen LogP contribution in [-0.2, 0) is 9.59 Å². The van der Waals surface area contributed by atoms with Crippen molar-refractivity contribution in [2.75, 3.05) is 20.8 Å². The number of benzene rings is 1. The lowest BCUT2D eigenvalue weighted by Gasteiger charge is -2.33. The van der Waals surface area contributed by atoms with Gasteiger partial charge in [-0.3, -0.25) is 14.4 Å². The third-order valence-corrected chi connectivity index (χ3v) is 7.34. The second-order valence-electron chi connectivity index (χ2n) is 9.81. The summed E-state index contributed by atoms with van der Waals surface area (Å²) >= 11 is 0. The molecule has 0 unspecified atom stereocenters. The van der Waals surface area contributed by atoms with Gasteiger partial charge in [0.1, 0.15) is 6.04 Å². The highest BCUT2D eigenvalue weighted by atomic mass is 16.5. The van der Waals surface area contributed by atoms with Gasteiger partial charge >= 0.3 is 0 Å². The van der Waals surface area contributed by atoms with Crippen LogP contribution in [0.25, 0.3) is 0 Å². The maximum Gasteiger partial charge on any atom is 0.287 e. The Labute approximate surface area is 217 Å². The Morgan fingerprint density at radius 1 is 0.973 bits per heavy atom. The number of ether oxygens (including phenoxy) is 2. The maximum absolute atomic E-state index is 14.1. The summed E-state index contributed by atoms with van der Waals surface area (Å²) in [7, 11) is 3.05. The van der Waals surface area contributed by atoms with Gasteiger partial charge in [-0.1, -0.05) is 38.2 Å². The van der Waals surface area contributed by atoms with Gasteiger partial charge in [-0.2, -0.15) is 0 Å². The van der Waals surface area contributed by atoms with Crippen LogP contribution in [-0.4, -0.2) is 55.5 Å². The SMILES string of the molecule is COc1ccc([C@@H](NC(=O)c2ccco2)C(=O)N(CC(=O)NC2CCCCC2)C2CCCC2)cc1OC. The lowest BCUT2D eigenvalue weighted by molar-refractivity contribution is -0.140. The van der Waals surface area contributed by atoms with Crippen LogP contribution in [0, 0.1) is 0 Å². The van der Waals surface area contributed by atoms with Gasteiger partial charge in [-0.15, -0.1) is 0 Å². The van der Waals surface area contributed by atoms with Crippen LogP contribution in [0.5, 0.6) is 11.5 Å². The van der Waals surface area contributed by atoms with Crippen molar-refractivity contribution in [1.29, 1.82) is 0 Å². The van der Waals surface area contributed by atoms with Gasteiger partial charge in [0.2, 0.25) is 5.91 Å². The summed E-state index contributed by atoms with van der Waals surface area (Å²) < 4.78 is 16.1. The van der Waals surface area contributed by atoms with Crippen LogP contribution in [0.15, 0.2) is 41.0 Å². The highest BCUT2D eigenvalue weighted by Gasteiger charge is 2.35. The van der Waals surface area contributed by atoms with E-state index >= 15 is 0 Å². The molecule has 2 aliphatic rings. The van der Waals surface area contributed by atoms with E-state index in [-0.39, 0.29) is 36.2 Å². The van der Waals surface area contributed by atoms with Crippen LogP contribution in [0.2, 0.25) is 0 Å². The number of hydrogen-bond donors (Lipinski definition) is 2. The molecule has 2 N–H and O–H groups in total. The quantitative estimate of drug-likeness (QED) is 0.499. The molecule has 1 aromatic heterocycles. The Bertz CT molecular complexity index is 1060. The van der Waals surface area contributed by atoms with Gasteiger partial charge in [0, 0.05) is 12.1 Å². The normalized spacial score (nSPS) is 17.1. The number of carbonyl (C=O) groups is 3. The van der Waals surface area contributed by atoms with E-state index in [4.69, 9.17) is 13.9 Å². The summed E-state index contributed by atoms with van der Waals surface area (Å²) in [6, 6.07) is 7.30. The molecule has 2 aromatic rings. The van der Waals surface area contributed by atoms with Crippen molar-refractivity contribution in [2.45, 2.75) is 75.9 Å². The number of carbonyl (C=O) groups excluding carboxylic acids is 3. The van der Waals surface area contributed by atoms with E-state index in [9.17, 15) is 14.4 Å². The van der Waals surface area contributed by atoms with Gasteiger partial charge in [0.25, 0.3) is 11.8 Å². The molecular formula is C28H37N3O6. The lowest BCUT2D eigenvalue weighted by atomic mass is 9.95. The van der Waals surface area contributed by atoms with Crippen LogP contribution in [0.4, 0.5) is 0 Å². The molecule has 2 aliphatic carbocycles. The standard InChI is InChI=1S/C28H37N3O6/c1-35-22-15-14-19(17-24(22)36-2)26(30-27(33)23-13-8-16-37-23)28(34)31(21-11-6-7-12-21)18-25(32)29-20-9-4-3-5-10-20/h8,13-17,20-21,26H,3-7,9-12,18H2,1-2H3,(H,29,32)(H,30,33)/t26-/m1/s1. The Morgan fingerprint density at radius 2 is 1.68 bits per heavy atom. The third-order valence-electron chi connectivity index (χ3n) is 7.34. The largest absolute Gasteiger partial charge is 0.493 e. The Kier molecular flexibility index (Phi) is 9.09. The first-order chi connectivity index (χ1) is 18.0. The highest BCUT2D eigenvalue weighted by molar-refractivity contribution is 5.97. The number of amides is 3. The number of nitrogens with zero attached hydrogens (tertiary/aromatic N) is 1. The Hall–Kier alpha value is -3.49. The summed E-state index contributed by atoms with van der Waals surface area (Å²) in [5, 5.41) is 5.96. The molecule has 37 heavy (non-hydrogen) atoms. The van der Waals surface area contributed by atoms with Crippen LogP contribution < -0.4 is 20.1 Å². The molecule has 4 rings (SSSR count). The van der Waals surface area contributed by atoms with Crippen molar-refractivity contribution in [3.05, 3.63) is 47.9 Å². The molecule has 0 aliphatic heterocycles. The first-order valence-electron chi connectivity index (χ1n) is 13.2. The molecule has 2 fully saturated rings. The first-order valence-corrected chi connectivity index (χ1v) is 13.2. The van der Waals surface area contributed by atoms with Gasteiger partial charge in [0.15, 0.2) is 17.3 Å². The Balaban J connectivity index is 1.61. The summed E-state index contributed by atoms with van der Waals surface area (Å²) in [5.74, 6) is 0.0344. The average Bonchev–Trinajstić information content (AvgIpc) is 3.65. The second-order valence-corrected chi connectivity index (χ2v) is 9.81. The fraction of sp³-hybridized carbons (Fsp3) is 0.536. The number of rotatable bonds is 10. The minimum atomic E-state index is -1.04. The van der Waals surface area contributed by atoms with Crippen molar-refractivity contribution in [3.8, 4) is 11.5 Å². The van der Waals surface area contributed by atoms with Crippen LogP contribution >= 0.6 is 0 Å². The number of furan rings is 1. The van der Waals surface area contributed by atoms with Gasteiger partial charge < -0.3 is 29.4 Å². The van der Waals surface area contributed by atoms with E-state index in [1.54, 1.807) is 29.2 Å². The summed E-state index contributed by atoms with van der Waals surface area (Å²) in [5.41, 5.74) is 0.526. The molecule has 0 bridgehead atoms. The molecule has 1 heterocycles. The average molecular weight is 512 g/mol. The molecule has 9 nitrogen and oxygen atoms in total. The molecule has 1 atom stereocenters. The lowest BCUT2D eigenvalue weighted by Crippen LogP contribution is -2.51. The predicted molar refractivity (Wildman–Crippen MR) is 137 cm³/mol. The molecule has 2 saturated carbocycles. The minimum Gasteiger partial charge on any atom is -0.493 e. The number of hydrogen-bond acceptors (Lipinski definition) is 6. The monoisotopic (exact) mass is 511 g/mol. The molecular weight excluding hydrogens is 474 g/mol. The number of methoxy groups -OCH3 is 2. The van der Waals surface area contributed by atoms with Crippen LogP contribution in [0.1, 0.15) is 79.9 Å². The van der Waals surface area contributed by atoms with Crippen molar-refractivity contribution >= 4 is 17.7 Å². The van der Waals surface area contributed by atoms with E-state index in [0.29, 0.717) is 17.1 Å². The van der Waals surface area contributed by atoms with E-state index in [2.05, 4.69) is 10.6 Å². The maximum atomic E-state index is 14.1. The third kappa shape index (κ3) is 6.64. The van der Waals surface area contributed by atoms with Crippen molar-refractivity contribution in [1.82, 2.24) is 15.5 Å². The zero-order chi connectivity index (χ0) is 26.2. The van der Waals surface area contributed by atoms with E-state index in [1.807, 2.05) is 0 Å². The fourth-order valence-corrected chi connectivity index (χ4v) is 5.37. The summed E-state index contributed by atoms with van der Waals surface area (Å²) in [6.07, 6.45) is 10.4. The summed E-state index contributed by atoms with van der Waals surface area (Å²) in [6.45, 7) is -0.0413. The van der Waals surface area contributed by atoms with Gasteiger partial charge in [-0.05, 0) is 55.5 Å². The molecule has 0 spiro atoms. The first kappa shape index (κ1) is 26.6. The topological polar surface area (TPSA) is 110 Å². The van der Waals surface area contributed by atoms with E-state index < -0.39 is 11.9 Å². The van der Waals surface area contributed by atoms with E-state index in [1.165, 1.54) is 33.0 Å². The molecule has 200 valence electrons. The summed E-state index contributed by atoms with van der Waals surface area (Å²) in [4.78, 5) is 41.9. The minimum absolute atomic E-state index is 0.0413. The Morgan fingerprint density at radius 3 is 2.32 bits per heavy atom. The molecule has 1 aromatic carbocycles. The van der Waals surface area contributed by atoms with Gasteiger partial charge in [0.05, 0.1) is 27.0 Å². The highest BCUT2D eigenvalue weighted by Crippen LogP contribution is 2.32. The fourth-order valence-electron chi connectivity index (χ4n) is 5.37. The van der Waals surface area contributed by atoms with E-state index in [0.717, 1.165) is 51.4 Å². The van der Waals surface area contributed by atoms with Gasteiger partial charge in [-0.25, -0.2) is 0 Å². The molecule has 3 amide bonds. The molecule has 9 heteroatoms. The number of nitrogens with one attached hydrogen (secondary N) is 2. The smallest absolute Gasteiger partial charge is 0.287 e. The predicted octanol–water partition coefficient (Wildman–Crippen LogP) is 3.99. The molecule has 0 radical (unpaired) electrons. The second kappa shape index (κ2) is 12.7. The van der Waals surface area contributed by atoms with Crippen LogP contribution in [0.3, 0.4) is 0 Å². The zero-order valence-electron chi connectivity index (χ0n) is 21.7. The van der Waals surface area contributed by atoms with Crippen molar-refractivity contribution < 1.29 is 28.3 Å².